The molecule has 1 saturated heterocycles. The molecule has 1 aliphatic rings. The van der Waals surface area contributed by atoms with Crippen molar-refractivity contribution in [1.82, 2.24) is 15.5 Å². The lowest BCUT2D eigenvalue weighted by Crippen LogP contribution is -2.48. The van der Waals surface area contributed by atoms with Crippen molar-refractivity contribution >= 4 is 17.7 Å². The molecule has 0 aromatic carbocycles. The van der Waals surface area contributed by atoms with Crippen LogP contribution in [-0.2, 0) is 0 Å². The maximum Gasteiger partial charge on any atom is 0.191 e. The van der Waals surface area contributed by atoms with Gasteiger partial charge in [0.25, 0.3) is 0 Å². The molecule has 1 atom stereocenters. The van der Waals surface area contributed by atoms with Crippen LogP contribution in [0.5, 0.6) is 0 Å². The Morgan fingerprint density at radius 3 is 2.36 bits per heavy atom. The van der Waals surface area contributed by atoms with Gasteiger partial charge in [-0.3, -0.25) is 9.89 Å². The van der Waals surface area contributed by atoms with Gasteiger partial charge in [0.1, 0.15) is 0 Å². The zero-order chi connectivity index (χ0) is 16.6. The number of hydrogen-bond acceptors (Lipinski definition) is 3. The highest BCUT2D eigenvalue weighted by atomic mass is 32.2. The fourth-order valence-corrected chi connectivity index (χ4v) is 2.93. The van der Waals surface area contributed by atoms with Crippen LogP contribution in [0.2, 0.25) is 0 Å². The highest BCUT2D eigenvalue weighted by Crippen LogP contribution is 2.21. The highest BCUT2D eigenvalue weighted by molar-refractivity contribution is 7.99. The fourth-order valence-electron chi connectivity index (χ4n) is 2.74. The molecule has 0 bridgehead atoms. The Balaban J connectivity index is 2.59. The zero-order valence-corrected chi connectivity index (χ0v) is 16.2. The largest absolute Gasteiger partial charge is 0.357 e. The van der Waals surface area contributed by atoms with E-state index in [4.69, 9.17) is 4.99 Å². The van der Waals surface area contributed by atoms with Gasteiger partial charge in [-0.25, -0.2) is 0 Å². The number of likely N-dealkylation sites (tertiary alicyclic amines) is 1. The second-order valence-corrected chi connectivity index (χ2v) is 8.61. The van der Waals surface area contributed by atoms with E-state index < -0.39 is 0 Å². The van der Waals surface area contributed by atoms with E-state index in [1.807, 2.05) is 11.8 Å². The molecule has 0 spiro atoms. The van der Waals surface area contributed by atoms with Gasteiger partial charge in [-0.05, 0) is 58.9 Å². The van der Waals surface area contributed by atoms with E-state index in [9.17, 15) is 0 Å². The van der Waals surface area contributed by atoms with Gasteiger partial charge in [0.05, 0.1) is 6.54 Å². The number of aliphatic imine (C=N–C) groups is 1. The van der Waals surface area contributed by atoms with Gasteiger partial charge in [0.15, 0.2) is 5.96 Å². The van der Waals surface area contributed by atoms with Gasteiger partial charge in [-0.2, -0.15) is 11.8 Å². The summed E-state index contributed by atoms with van der Waals surface area (Å²) in [6.45, 7) is 16.5. The molecular weight excluding hydrogens is 292 g/mol. The Bertz CT molecular complexity index is 336. The third-order valence-electron chi connectivity index (χ3n) is 4.37. The van der Waals surface area contributed by atoms with Crippen LogP contribution in [-0.4, -0.2) is 60.6 Å². The minimum Gasteiger partial charge on any atom is -0.357 e. The third kappa shape index (κ3) is 6.78. The van der Waals surface area contributed by atoms with E-state index in [-0.39, 0.29) is 4.75 Å². The summed E-state index contributed by atoms with van der Waals surface area (Å²) in [4.78, 5) is 7.40. The van der Waals surface area contributed by atoms with Crippen molar-refractivity contribution in [3.05, 3.63) is 0 Å². The molecule has 0 aromatic rings. The number of nitrogens with one attached hydrogen (secondary N) is 2. The molecular formula is C17H36N4S. The predicted molar refractivity (Wildman–Crippen MR) is 101 cm³/mol. The first-order valence-electron chi connectivity index (χ1n) is 8.71. The molecule has 2 N–H and O–H groups in total. The summed E-state index contributed by atoms with van der Waals surface area (Å²) >= 11 is 1.87. The molecule has 4 nitrogen and oxygen atoms in total. The van der Waals surface area contributed by atoms with Crippen LogP contribution in [0.25, 0.3) is 0 Å². The Kier molecular flexibility index (Phi) is 8.62. The molecule has 1 aliphatic heterocycles. The fraction of sp³-hybridized carbons (Fsp3) is 0.941. The van der Waals surface area contributed by atoms with Gasteiger partial charge in [0.2, 0.25) is 0 Å². The van der Waals surface area contributed by atoms with Gasteiger partial charge < -0.3 is 10.6 Å². The topological polar surface area (TPSA) is 39.7 Å². The lowest BCUT2D eigenvalue weighted by Gasteiger charge is -2.31. The lowest BCUT2D eigenvalue weighted by atomic mass is 10.0. The first-order valence-corrected chi connectivity index (χ1v) is 9.93. The maximum absolute atomic E-state index is 4.77. The molecule has 1 heterocycles. The standard InChI is InChI=1S/C17H36N4S/c1-7-18-16(20-13-17(4,5)22-6)19-12-15(14(2)3)21-10-8-9-11-21/h14-15H,7-13H2,1-6H3,(H2,18,19,20). The first kappa shape index (κ1) is 19.6. The number of hydrogen-bond donors (Lipinski definition) is 2. The number of rotatable bonds is 8. The molecule has 0 radical (unpaired) electrons. The number of thioether (sulfide) groups is 1. The van der Waals surface area contributed by atoms with E-state index in [1.54, 1.807) is 0 Å². The quantitative estimate of drug-likeness (QED) is 0.531. The van der Waals surface area contributed by atoms with E-state index in [2.05, 4.69) is 56.4 Å². The predicted octanol–water partition coefficient (Wildman–Crippen LogP) is 2.80. The van der Waals surface area contributed by atoms with Crippen molar-refractivity contribution in [3.8, 4) is 0 Å². The number of nitrogens with zero attached hydrogens (tertiary/aromatic N) is 2. The van der Waals surface area contributed by atoms with Crippen LogP contribution < -0.4 is 10.6 Å². The summed E-state index contributed by atoms with van der Waals surface area (Å²) in [7, 11) is 0. The second kappa shape index (κ2) is 9.66. The Morgan fingerprint density at radius 1 is 1.23 bits per heavy atom. The van der Waals surface area contributed by atoms with E-state index >= 15 is 0 Å². The van der Waals surface area contributed by atoms with Crippen molar-refractivity contribution in [1.29, 1.82) is 0 Å². The van der Waals surface area contributed by atoms with Gasteiger partial charge >= 0.3 is 0 Å². The van der Waals surface area contributed by atoms with Crippen LogP contribution in [0.3, 0.4) is 0 Å². The zero-order valence-electron chi connectivity index (χ0n) is 15.4. The third-order valence-corrected chi connectivity index (χ3v) is 5.61. The molecule has 1 rings (SSSR count). The highest BCUT2D eigenvalue weighted by Gasteiger charge is 2.24. The molecule has 0 amide bonds. The van der Waals surface area contributed by atoms with Gasteiger partial charge in [0, 0.05) is 23.9 Å². The summed E-state index contributed by atoms with van der Waals surface area (Å²) in [5, 5.41) is 6.94. The minimum atomic E-state index is 0.189. The van der Waals surface area contributed by atoms with Crippen LogP contribution in [0.15, 0.2) is 4.99 Å². The molecule has 22 heavy (non-hydrogen) atoms. The van der Waals surface area contributed by atoms with Crippen molar-refractivity contribution in [3.63, 3.8) is 0 Å². The average molecular weight is 329 g/mol. The van der Waals surface area contributed by atoms with Gasteiger partial charge in [-0.15, -0.1) is 0 Å². The molecule has 1 fully saturated rings. The van der Waals surface area contributed by atoms with Crippen molar-refractivity contribution in [2.24, 2.45) is 10.9 Å². The second-order valence-electron chi connectivity index (χ2n) is 7.09. The molecule has 1 unspecified atom stereocenters. The average Bonchev–Trinajstić information content (AvgIpc) is 2.98. The summed E-state index contributed by atoms with van der Waals surface area (Å²) in [6.07, 6.45) is 4.84. The van der Waals surface area contributed by atoms with Crippen LogP contribution in [0.1, 0.15) is 47.5 Å². The van der Waals surface area contributed by atoms with Crippen molar-refractivity contribution < 1.29 is 0 Å². The van der Waals surface area contributed by atoms with Crippen molar-refractivity contribution in [2.75, 3.05) is 39.0 Å². The summed E-state index contributed by atoms with van der Waals surface area (Å²) < 4.78 is 0.189. The molecule has 0 saturated carbocycles. The summed E-state index contributed by atoms with van der Waals surface area (Å²) in [5.74, 6) is 1.62. The SMILES string of the molecule is CCNC(=NCC(C)(C)SC)NCC(C(C)C)N1CCCC1. The van der Waals surface area contributed by atoms with Crippen LogP contribution >= 0.6 is 11.8 Å². The first-order chi connectivity index (χ1) is 10.4. The van der Waals surface area contributed by atoms with Crippen LogP contribution in [0.4, 0.5) is 0 Å². The van der Waals surface area contributed by atoms with E-state index in [1.165, 1.54) is 25.9 Å². The Labute approximate surface area is 141 Å². The van der Waals surface area contributed by atoms with Crippen molar-refractivity contribution in [2.45, 2.75) is 58.2 Å². The van der Waals surface area contributed by atoms with E-state index in [0.717, 1.165) is 25.6 Å². The number of guanidine groups is 1. The maximum atomic E-state index is 4.77. The molecule has 5 heteroatoms. The Morgan fingerprint density at radius 2 is 1.86 bits per heavy atom. The monoisotopic (exact) mass is 328 g/mol. The molecule has 0 aliphatic carbocycles. The van der Waals surface area contributed by atoms with Gasteiger partial charge in [-0.1, -0.05) is 13.8 Å². The summed E-state index contributed by atoms with van der Waals surface area (Å²) in [6, 6.07) is 0.597. The normalized spacial score (nSPS) is 18.8. The molecule has 0 aromatic heterocycles. The Hall–Kier alpha value is -0.420. The van der Waals surface area contributed by atoms with Crippen LogP contribution in [0, 0.1) is 5.92 Å². The van der Waals surface area contributed by atoms with E-state index in [0.29, 0.717) is 12.0 Å². The smallest absolute Gasteiger partial charge is 0.191 e. The lowest BCUT2D eigenvalue weighted by molar-refractivity contribution is 0.192. The molecule has 130 valence electrons. The minimum absolute atomic E-state index is 0.189. The summed E-state index contributed by atoms with van der Waals surface area (Å²) in [5.41, 5.74) is 0.